The minimum absolute atomic E-state index is 0.0187. The van der Waals surface area contributed by atoms with Gasteiger partial charge in [-0.2, -0.15) is 0 Å². The van der Waals surface area contributed by atoms with E-state index in [1.807, 2.05) is 6.92 Å². The molecule has 3 heterocycles. The van der Waals surface area contributed by atoms with Crippen molar-refractivity contribution < 1.29 is 19.1 Å². The van der Waals surface area contributed by atoms with Crippen molar-refractivity contribution >= 4 is 46.0 Å². The SMILES string of the molecule is CCOC(=O)c1sc(NC(=O)[C@@H]2CS[C@]3(C)CCC(=O)N23)nc1C. The molecular weight excluding hydrogens is 350 g/mol. The van der Waals surface area contributed by atoms with Gasteiger partial charge in [-0.25, -0.2) is 9.78 Å². The van der Waals surface area contributed by atoms with E-state index in [2.05, 4.69) is 10.3 Å². The number of thioether (sulfide) groups is 1. The van der Waals surface area contributed by atoms with Crippen LogP contribution in [0.25, 0.3) is 0 Å². The van der Waals surface area contributed by atoms with Crippen LogP contribution in [0.15, 0.2) is 0 Å². The Labute approximate surface area is 148 Å². The predicted molar refractivity (Wildman–Crippen MR) is 92.2 cm³/mol. The van der Waals surface area contributed by atoms with Crippen molar-refractivity contribution in [3.8, 4) is 0 Å². The van der Waals surface area contributed by atoms with Gasteiger partial charge in [-0.05, 0) is 27.2 Å². The van der Waals surface area contributed by atoms with Gasteiger partial charge in [0.15, 0.2) is 5.13 Å². The van der Waals surface area contributed by atoms with Crippen LogP contribution in [0.3, 0.4) is 0 Å². The first-order valence-electron chi connectivity index (χ1n) is 7.77. The molecule has 2 saturated heterocycles. The Morgan fingerprint density at radius 2 is 2.25 bits per heavy atom. The van der Waals surface area contributed by atoms with E-state index < -0.39 is 12.0 Å². The molecule has 3 rings (SSSR count). The first kappa shape index (κ1) is 17.2. The van der Waals surface area contributed by atoms with E-state index in [0.29, 0.717) is 27.9 Å². The topological polar surface area (TPSA) is 88.6 Å². The number of rotatable bonds is 4. The average Bonchev–Trinajstić information content (AvgIpc) is 3.14. The maximum atomic E-state index is 12.6. The van der Waals surface area contributed by atoms with Crippen molar-refractivity contribution in [2.24, 2.45) is 0 Å². The van der Waals surface area contributed by atoms with Crippen molar-refractivity contribution in [2.45, 2.75) is 44.5 Å². The summed E-state index contributed by atoms with van der Waals surface area (Å²) in [5.41, 5.74) is 0.525. The summed E-state index contributed by atoms with van der Waals surface area (Å²) in [5.74, 6) is -0.106. The summed E-state index contributed by atoms with van der Waals surface area (Å²) in [6.07, 6.45) is 1.25. The van der Waals surface area contributed by atoms with Gasteiger partial charge < -0.3 is 15.0 Å². The van der Waals surface area contributed by atoms with Gasteiger partial charge in [0.25, 0.3) is 0 Å². The number of nitrogens with zero attached hydrogens (tertiary/aromatic N) is 2. The molecule has 130 valence electrons. The van der Waals surface area contributed by atoms with Crippen molar-refractivity contribution in [3.05, 3.63) is 10.6 Å². The Hall–Kier alpha value is -1.61. The molecule has 2 atom stereocenters. The smallest absolute Gasteiger partial charge is 0.350 e. The molecule has 2 fully saturated rings. The zero-order chi connectivity index (χ0) is 17.5. The summed E-state index contributed by atoms with van der Waals surface area (Å²) < 4.78 is 4.97. The molecule has 9 heteroatoms. The van der Waals surface area contributed by atoms with Gasteiger partial charge in [0.05, 0.1) is 17.2 Å². The Morgan fingerprint density at radius 1 is 1.50 bits per heavy atom. The number of aryl methyl sites for hydroxylation is 1. The highest BCUT2D eigenvalue weighted by Crippen LogP contribution is 2.47. The molecule has 0 aliphatic carbocycles. The summed E-state index contributed by atoms with van der Waals surface area (Å²) in [5, 5.41) is 3.10. The number of anilines is 1. The largest absolute Gasteiger partial charge is 0.462 e. The normalized spacial score (nSPS) is 25.7. The van der Waals surface area contributed by atoms with Gasteiger partial charge >= 0.3 is 5.97 Å². The number of hydrogen-bond donors (Lipinski definition) is 1. The number of amides is 2. The van der Waals surface area contributed by atoms with Gasteiger partial charge in [-0.15, -0.1) is 11.8 Å². The zero-order valence-electron chi connectivity index (χ0n) is 13.7. The van der Waals surface area contributed by atoms with E-state index in [9.17, 15) is 14.4 Å². The molecule has 0 saturated carbocycles. The summed E-state index contributed by atoms with van der Waals surface area (Å²) in [6, 6.07) is -0.495. The van der Waals surface area contributed by atoms with Crippen LogP contribution in [-0.4, -0.2) is 50.9 Å². The van der Waals surface area contributed by atoms with E-state index in [1.165, 1.54) is 0 Å². The molecular formula is C15H19N3O4S2. The van der Waals surface area contributed by atoms with E-state index in [0.717, 1.165) is 17.8 Å². The summed E-state index contributed by atoms with van der Waals surface area (Å²) in [6.45, 7) is 5.72. The number of aromatic nitrogens is 1. The van der Waals surface area contributed by atoms with Crippen LogP contribution < -0.4 is 5.32 Å². The molecule has 0 unspecified atom stereocenters. The fourth-order valence-corrected chi connectivity index (χ4v) is 5.33. The van der Waals surface area contributed by atoms with Crippen molar-refractivity contribution in [1.29, 1.82) is 0 Å². The van der Waals surface area contributed by atoms with Crippen LogP contribution in [-0.2, 0) is 14.3 Å². The van der Waals surface area contributed by atoms with Crippen LogP contribution in [0.4, 0.5) is 5.13 Å². The van der Waals surface area contributed by atoms with E-state index in [1.54, 1.807) is 30.5 Å². The molecule has 24 heavy (non-hydrogen) atoms. The standard InChI is InChI=1S/C15H19N3O4S2/c1-4-22-13(21)11-8(2)16-14(24-11)17-12(20)9-7-23-15(3)6-5-10(19)18(9)15/h9H,4-7H2,1-3H3,(H,16,17,20)/t9-,15+/m0/s1. The number of thiazole rings is 1. The Morgan fingerprint density at radius 3 is 2.96 bits per heavy atom. The number of nitrogens with one attached hydrogen (secondary N) is 1. The van der Waals surface area contributed by atoms with E-state index in [4.69, 9.17) is 4.74 Å². The molecule has 0 bridgehead atoms. The zero-order valence-corrected chi connectivity index (χ0v) is 15.4. The third-order valence-corrected chi connectivity index (χ3v) is 6.79. The van der Waals surface area contributed by atoms with Gasteiger partial charge in [0.1, 0.15) is 10.9 Å². The average molecular weight is 369 g/mol. The first-order chi connectivity index (χ1) is 11.4. The summed E-state index contributed by atoms with van der Waals surface area (Å²) >= 11 is 2.73. The van der Waals surface area contributed by atoms with Crippen LogP contribution in [0, 0.1) is 6.92 Å². The summed E-state index contributed by atoms with van der Waals surface area (Å²) in [4.78, 5) is 42.6. The van der Waals surface area contributed by atoms with Crippen LogP contribution in [0.1, 0.15) is 42.1 Å². The third-order valence-electron chi connectivity index (χ3n) is 4.24. The van der Waals surface area contributed by atoms with Crippen LogP contribution >= 0.6 is 23.1 Å². The van der Waals surface area contributed by atoms with Crippen molar-refractivity contribution in [1.82, 2.24) is 9.88 Å². The second kappa shape index (κ2) is 6.36. The maximum absolute atomic E-state index is 12.6. The fraction of sp³-hybridized carbons (Fsp3) is 0.600. The van der Waals surface area contributed by atoms with Crippen LogP contribution in [0.2, 0.25) is 0 Å². The molecule has 1 aromatic heterocycles. The van der Waals surface area contributed by atoms with Gasteiger partial charge in [0, 0.05) is 12.2 Å². The molecule has 7 nitrogen and oxygen atoms in total. The molecule has 0 radical (unpaired) electrons. The monoisotopic (exact) mass is 369 g/mol. The highest BCUT2D eigenvalue weighted by atomic mass is 32.2. The maximum Gasteiger partial charge on any atom is 0.350 e. The highest BCUT2D eigenvalue weighted by Gasteiger charge is 2.53. The van der Waals surface area contributed by atoms with E-state index >= 15 is 0 Å². The van der Waals surface area contributed by atoms with Crippen molar-refractivity contribution in [3.63, 3.8) is 0 Å². The minimum Gasteiger partial charge on any atom is -0.462 e. The lowest BCUT2D eigenvalue weighted by Gasteiger charge is -2.29. The number of fused-ring (bicyclic) bond motifs is 1. The lowest BCUT2D eigenvalue weighted by Crippen LogP contribution is -2.48. The molecule has 1 aromatic rings. The fourth-order valence-electron chi connectivity index (χ4n) is 3.04. The molecule has 2 aliphatic rings. The van der Waals surface area contributed by atoms with Gasteiger partial charge in [-0.1, -0.05) is 11.3 Å². The quantitative estimate of drug-likeness (QED) is 0.817. The number of carbonyl (C=O) groups excluding carboxylic acids is 3. The van der Waals surface area contributed by atoms with Crippen LogP contribution in [0.5, 0.6) is 0 Å². The second-order valence-electron chi connectivity index (χ2n) is 5.91. The molecule has 2 aliphatic heterocycles. The lowest BCUT2D eigenvalue weighted by atomic mass is 10.2. The number of hydrogen-bond acceptors (Lipinski definition) is 7. The Balaban J connectivity index is 1.73. The summed E-state index contributed by atoms with van der Waals surface area (Å²) in [7, 11) is 0. The first-order valence-corrected chi connectivity index (χ1v) is 9.57. The molecule has 1 N–H and O–H groups in total. The van der Waals surface area contributed by atoms with E-state index in [-0.39, 0.29) is 23.3 Å². The molecule has 2 amide bonds. The van der Waals surface area contributed by atoms with Gasteiger partial charge in [-0.3, -0.25) is 9.59 Å². The number of esters is 1. The molecule has 0 aromatic carbocycles. The third kappa shape index (κ3) is 2.90. The number of ether oxygens (including phenoxy) is 1. The molecule has 0 spiro atoms. The minimum atomic E-state index is -0.495. The second-order valence-corrected chi connectivity index (χ2v) is 8.41. The Kier molecular flexibility index (Phi) is 4.56. The predicted octanol–water partition coefficient (Wildman–Crippen LogP) is 2.02. The van der Waals surface area contributed by atoms with Gasteiger partial charge in [0.2, 0.25) is 11.8 Å². The van der Waals surface area contributed by atoms with Crippen molar-refractivity contribution in [2.75, 3.05) is 17.7 Å². The Bertz CT molecular complexity index is 705. The lowest BCUT2D eigenvalue weighted by molar-refractivity contribution is -0.135. The number of carbonyl (C=O) groups is 3. The highest BCUT2D eigenvalue weighted by molar-refractivity contribution is 8.01.